The van der Waals surface area contributed by atoms with Crippen molar-refractivity contribution in [3.63, 3.8) is 0 Å². The van der Waals surface area contributed by atoms with E-state index < -0.39 is 12.0 Å². The normalized spacial score (nSPS) is 23.2. The number of benzene rings is 3. The lowest BCUT2D eigenvalue weighted by molar-refractivity contribution is -0.126. The summed E-state index contributed by atoms with van der Waals surface area (Å²) in [5, 5.41) is 1.74. The molecule has 2 aliphatic rings. The van der Waals surface area contributed by atoms with E-state index in [2.05, 4.69) is 0 Å². The van der Waals surface area contributed by atoms with Gasteiger partial charge in [-0.1, -0.05) is 54.6 Å². The van der Waals surface area contributed by atoms with Gasteiger partial charge in [-0.05, 0) is 54.8 Å². The van der Waals surface area contributed by atoms with Gasteiger partial charge in [0.25, 0.3) is 5.91 Å². The molecule has 5 heteroatoms. The van der Waals surface area contributed by atoms with E-state index >= 15 is 0 Å². The van der Waals surface area contributed by atoms with E-state index in [-0.39, 0.29) is 17.9 Å². The van der Waals surface area contributed by atoms with Gasteiger partial charge >= 0.3 is 0 Å². The van der Waals surface area contributed by atoms with Crippen molar-refractivity contribution in [2.24, 2.45) is 5.92 Å². The second-order valence-corrected chi connectivity index (χ2v) is 7.87. The summed E-state index contributed by atoms with van der Waals surface area (Å²) in [6.45, 7) is 3.96. The van der Waals surface area contributed by atoms with Crippen molar-refractivity contribution >= 4 is 23.2 Å². The topological polar surface area (TPSA) is 49.9 Å². The summed E-state index contributed by atoms with van der Waals surface area (Å²) in [7, 11) is 0. The van der Waals surface area contributed by atoms with Crippen LogP contribution in [0, 0.1) is 19.8 Å². The molecule has 2 heterocycles. The highest BCUT2D eigenvalue weighted by molar-refractivity contribution is 6.24. The van der Waals surface area contributed by atoms with Crippen LogP contribution in [-0.2, 0) is 14.4 Å². The monoisotopic (exact) mass is 398 g/mol. The summed E-state index contributed by atoms with van der Waals surface area (Å²) in [6.07, 6.45) is -0.845. The molecule has 2 saturated heterocycles. The number of amides is 2. The van der Waals surface area contributed by atoms with Crippen molar-refractivity contribution in [2.45, 2.75) is 26.0 Å². The number of anilines is 2. The summed E-state index contributed by atoms with van der Waals surface area (Å²) in [6, 6.07) is 24.7. The van der Waals surface area contributed by atoms with Crippen LogP contribution in [-0.4, -0.2) is 17.9 Å². The molecular weight excluding hydrogens is 376 g/mol. The van der Waals surface area contributed by atoms with Crippen LogP contribution in [0.4, 0.5) is 11.4 Å². The van der Waals surface area contributed by atoms with Crippen LogP contribution in [0.15, 0.2) is 78.9 Å². The molecule has 30 heavy (non-hydrogen) atoms. The maximum absolute atomic E-state index is 13.6. The van der Waals surface area contributed by atoms with Crippen molar-refractivity contribution in [2.75, 3.05) is 9.96 Å². The molecule has 0 saturated carbocycles. The summed E-state index contributed by atoms with van der Waals surface area (Å²) >= 11 is 0. The van der Waals surface area contributed by atoms with E-state index in [1.54, 1.807) is 11.1 Å². The number of carbonyl (C=O) groups excluding carboxylic acids is 2. The Labute approximate surface area is 175 Å². The minimum Gasteiger partial charge on any atom is -0.273 e. The highest BCUT2D eigenvalue weighted by atomic mass is 16.7. The summed E-state index contributed by atoms with van der Waals surface area (Å²) < 4.78 is 0. The summed E-state index contributed by atoms with van der Waals surface area (Å²) in [5.74, 6) is -1.14. The maximum atomic E-state index is 13.6. The number of carbonyl (C=O) groups is 2. The minimum absolute atomic E-state index is 0.220. The third-order valence-electron chi connectivity index (χ3n) is 5.89. The lowest BCUT2D eigenvalue weighted by atomic mass is 9.88. The molecule has 2 fully saturated rings. The second-order valence-electron chi connectivity index (χ2n) is 7.87. The largest absolute Gasteiger partial charge is 0.273 e. The van der Waals surface area contributed by atoms with Gasteiger partial charge in [-0.2, -0.15) is 0 Å². The molecule has 2 amide bonds. The van der Waals surface area contributed by atoms with Crippen molar-refractivity contribution in [1.82, 2.24) is 0 Å². The van der Waals surface area contributed by atoms with Gasteiger partial charge in [-0.3, -0.25) is 14.4 Å². The molecule has 5 nitrogen and oxygen atoms in total. The standard InChI is InChI=1S/C25H22N2O3/c1-16-9-8-13-19(15-16)26-24(28)21-22(20-14-7-6-10-17(20)2)27(30-23(21)25(26)29)18-11-4-3-5-12-18/h3-15,21-23H,1-2H3/t21-,22-,23+/m1/s1. The van der Waals surface area contributed by atoms with Crippen molar-refractivity contribution in [1.29, 1.82) is 0 Å². The number of aryl methyl sites for hydroxylation is 2. The number of hydroxylamine groups is 1. The van der Waals surface area contributed by atoms with E-state index in [9.17, 15) is 9.59 Å². The number of rotatable bonds is 3. The lowest BCUT2D eigenvalue weighted by Gasteiger charge is -2.29. The van der Waals surface area contributed by atoms with Crippen LogP contribution in [0.2, 0.25) is 0 Å². The van der Waals surface area contributed by atoms with Crippen LogP contribution in [0.25, 0.3) is 0 Å². The summed E-state index contributed by atoms with van der Waals surface area (Å²) in [5.41, 5.74) is 4.45. The molecule has 5 rings (SSSR count). The van der Waals surface area contributed by atoms with Crippen LogP contribution in [0.5, 0.6) is 0 Å². The first-order valence-corrected chi connectivity index (χ1v) is 10.1. The van der Waals surface area contributed by atoms with E-state index in [1.807, 2.05) is 86.6 Å². The first kappa shape index (κ1) is 18.6. The molecule has 2 aliphatic heterocycles. The molecule has 0 aliphatic carbocycles. The van der Waals surface area contributed by atoms with E-state index in [0.29, 0.717) is 5.69 Å². The van der Waals surface area contributed by atoms with Crippen LogP contribution in [0.3, 0.4) is 0 Å². The van der Waals surface area contributed by atoms with Crippen LogP contribution < -0.4 is 9.96 Å². The zero-order valence-electron chi connectivity index (χ0n) is 16.9. The Kier molecular flexibility index (Phi) is 4.40. The predicted octanol–water partition coefficient (Wildman–Crippen LogP) is 4.35. The summed E-state index contributed by atoms with van der Waals surface area (Å²) in [4.78, 5) is 34.3. The zero-order chi connectivity index (χ0) is 20.8. The Morgan fingerprint density at radius 2 is 1.47 bits per heavy atom. The molecule has 3 atom stereocenters. The third-order valence-corrected chi connectivity index (χ3v) is 5.89. The number of fused-ring (bicyclic) bond motifs is 1. The Balaban J connectivity index is 1.61. The fraction of sp³-hybridized carbons (Fsp3) is 0.200. The molecule has 3 aromatic carbocycles. The number of nitrogens with zero attached hydrogens (tertiary/aromatic N) is 2. The van der Waals surface area contributed by atoms with Crippen LogP contribution in [0.1, 0.15) is 22.7 Å². The SMILES string of the molecule is Cc1cccc(N2C(=O)[C@H]3[C@H](ON(c4ccccc4)[C@@H]3c3ccccc3C)C2=O)c1. The van der Waals surface area contributed by atoms with Gasteiger partial charge in [-0.25, -0.2) is 9.96 Å². The smallest absolute Gasteiger partial charge is 0.266 e. The average Bonchev–Trinajstić information content (AvgIpc) is 3.25. The average molecular weight is 398 g/mol. The van der Waals surface area contributed by atoms with Crippen molar-refractivity contribution in [3.8, 4) is 0 Å². The van der Waals surface area contributed by atoms with Gasteiger partial charge in [0, 0.05) is 0 Å². The third kappa shape index (κ3) is 2.82. The Bertz CT molecular complexity index is 1130. The molecule has 0 N–H and O–H groups in total. The predicted molar refractivity (Wildman–Crippen MR) is 115 cm³/mol. The quantitative estimate of drug-likeness (QED) is 0.616. The van der Waals surface area contributed by atoms with Gasteiger partial charge in [0.2, 0.25) is 5.91 Å². The Morgan fingerprint density at radius 1 is 0.767 bits per heavy atom. The first-order chi connectivity index (χ1) is 14.6. The number of hydrogen-bond acceptors (Lipinski definition) is 4. The van der Waals surface area contributed by atoms with Gasteiger partial charge in [0.15, 0.2) is 6.10 Å². The molecular formula is C25H22N2O3. The zero-order valence-corrected chi connectivity index (χ0v) is 16.9. The molecule has 0 radical (unpaired) electrons. The van der Waals surface area contributed by atoms with Gasteiger partial charge < -0.3 is 0 Å². The molecule has 0 spiro atoms. The highest BCUT2D eigenvalue weighted by Crippen LogP contribution is 2.48. The molecule has 0 bridgehead atoms. The lowest BCUT2D eigenvalue weighted by Crippen LogP contribution is -2.37. The maximum Gasteiger partial charge on any atom is 0.266 e. The van der Waals surface area contributed by atoms with E-state index in [1.165, 1.54) is 4.90 Å². The highest BCUT2D eigenvalue weighted by Gasteiger charge is 2.60. The minimum atomic E-state index is -0.845. The number of imide groups is 1. The molecule has 150 valence electrons. The molecule has 0 unspecified atom stereocenters. The van der Waals surface area contributed by atoms with Gasteiger partial charge in [0.05, 0.1) is 17.4 Å². The Hall–Kier alpha value is -3.44. The van der Waals surface area contributed by atoms with Crippen LogP contribution >= 0.6 is 0 Å². The second kappa shape index (κ2) is 7.11. The fourth-order valence-electron chi connectivity index (χ4n) is 4.47. The van der Waals surface area contributed by atoms with Crippen molar-refractivity contribution < 1.29 is 14.4 Å². The molecule has 3 aromatic rings. The van der Waals surface area contributed by atoms with Gasteiger partial charge in [0.1, 0.15) is 5.92 Å². The van der Waals surface area contributed by atoms with Gasteiger partial charge in [-0.15, -0.1) is 0 Å². The fourth-order valence-corrected chi connectivity index (χ4v) is 4.47. The molecule has 0 aromatic heterocycles. The number of para-hydroxylation sites is 1. The number of hydrogen-bond donors (Lipinski definition) is 0. The van der Waals surface area contributed by atoms with E-state index in [4.69, 9.17) is 4.84 Å². The van der Waals surface area contributed by atoms with Crippen molar-refractivity contribution in [3.05, 3.63) is 95.6 Å². The Morgan fingerprint density at radius 3 is 2.20 bits per heavy atom. The first-order valence-electron chi connectivity index (χ1n) is 10.1. The van der Waals surface area contributed by atoms with E-state index in [0.717, 1.165) is 22.4 Å².